The maximum Gasteiger partial charge on any atom is 0.0629 e. The largest absolute Gasteiger partial charge is 0.397 e. The SMILES string of the molecule is CCO.OCC(CO)(CO)COCC(CO)(CO)CO. The van der Waals surface area contributed by atoms with E-state index in [1.807, 2.05) is 0 Å². The Morgan fingerprint density at radius 2 is 0.800 bits per heavy atom. The van der Waals surface area contributed by atoms with Gasteiger partial charge in [0.05, 0.1) is 63.7 Å². The first-order chi connectivity index (χ1) is 9.49. The van der Waals surface area contributed by atoms with Crippen LogP contribution in [0.1, 0.15) is 6.92 Å². The van der Waals surface area contributed by atoms with Gasteiger partial charge in [0.1, 0.15) is 0 Å². The summed E-state index contributed by atoms with van der Waals surface area (Å²) < 4.78 is 5.15. The molecule has 7 N–H and O–H groups in total. The Bertz CT molecular complexity index is 167. The molecule has 0 aliphatic rings. The van der Waals surface area contributed by atoms with Gasteiger partial charge >= 0.3 is 0 Å². The maximum absolute atomic E-state index is 9.03. The summed E-state index contributed by atoms with van der Waals surface area (Å²) in [4.78, 5) is 0. The molecular formula is C12H28O8. The van der Waals surface area contributed by atoms with E-state index in [0.717, 1.165) is 0 Å². The number of rotatable bonds is 10. The molecule has 0 bridgehead atoms. The molecule has 0 aromatic heterocycles. The fraction of sp³-hybridized carbons (Fsp3) is 1.00. The van der Waals surface area contributed by atoms with Crippen molar-refractivity contribution in [1.29, 1.82) is 0 Å². The summed E-state index contributed by atoms with van der Waals surface area (Å²) in [7, 11) is 0. The third-order valence-electron chi connectivity index (χ3n) is 2.83. The van der Waals surface area contributed by atoms with Gasteiger partial charge in [0.15, 0.2) is 0 Å². The van der Waals surface area contributed by atoms with Crippen LogP contribution < -0.4 is 0 Å². The summed E-state index contributed by atoms with van der Waals surface area (Å²) >= 11 is 0. The van der Waals surface area contributed by atoms with Crippen LogP contribution in [-0.2, 0) is 4.74 Å². The van der Waals surface area contributed by atoms with Gasteiger partial charge in [-0.25, -0.2) is 0 Å². The van der Waals surface area contributed by atoms with Crippen molar-refractivity contribution < 1.29 is 40.5 Å². The fourth-order valence-corrected chi connectivity index (χ4v) is 1.06. The zero-order valence-electron chi connectivity index (χ0n) is 11.9. The molecule has 0 fully saturated rings. The lowest BCUT2D eigenvalue weighted by atomic mass is 9.91. The average Bonchev–Trinajstić information content (AvgIpc) is 2.50. The fourth-order valence-electron chi connectivity index (χ4n) is 1.06. The number of aliphatic hydroxyl groups is 7. The van der Waals surface area contributed by atoms with Crippen molar-refractivity contribution in [3.8, 4) is 0 Å². The Hall–Kier alpha value is -0.320. The molecule has 0 atom stereocenters. The van der Waals surface area contributed by atoms with Crippen LogP contribution >= 0.6 is 0 Å². The minimum absolute atomic E-state index is 0.141. The molecule has 0 saturated heterocycles. The van der Waals surface area contributed by atoms with Crippen molar-refractivity contribution >= 4 is 0 Å². The molecule has 0 aromatic rings. The Morgan fingerprint density at radius 1 is 0.600 bits per heavy atom. The van der Waals surface area contributed by atoms with Crippen molar-refractivity contribution in [3.63, 3.8) is 0 Å². The van der Waals surface area contributed by atoms with E-state index in [0.29, 0.717) is 0 Å². The molecule has 0 saturated carbocycles. The van der Waals surface area contributed by atoms with Crippen molar-refractivity contribution in [2.75, 3.05) is 59.5 Å². The van der Waals surface area contributed by atoms with Gasteiger partial charge < -0.3 is 40.5 Å². The second-order valence-corrected chi connectivity index (χ2v) is 4.76. The highest BCUT2D eigenvalue weighted by Gasteiger charge is 2.32. The van der Waals surface area contributed by atoms with E-state index >= 15 is 0 Å². The van der Waals surface area contributed by atoms with Gasteiger partial charge in [0, 0.05) is 6.61 Å². The van der Waals surface area contributed by atoms with Gasteiger partial charge in [-0.15, -0.1) is 0 Å². The van der Waals surface area contributed by atoms with Crippen LogP contribution in [0.2, 0.25) is 0 Å². The standard InChI is InChI=1S/C10H22O7.C2H6O/c11-1-9(2-12,3-13)7-17-8-10(4-14,5-15)6-16;1-2-3/h11-16H,1-8H2;3H,2H2,1H3. The van der Waals surface area contributed by atoms with Crippen LogP contribution in [0.5, 0.6) is 0 Å². The summed E-state index contributed by atoms with van der Waals surface area (Å²) in [6.45, 7) is -1.07. The molecule has 8 nitrogen and oxygen atoms in total. The van der Waals surface area contributed by atoms with Gasteiger partial charge in [-0.2, -0.15) is 0 Å². The molecule has 0 unspecified atom stereocenters. The highest BCUT2D eigenvalue weighted by Crippen LogP contribution is 2.19. The third kappa shape index (κ3) is 7.46. The van der Waals surface area contributed by atoms with Gasteiger partial charge in [0.25, 0.3) is 0 Å². The van der Waals surface area contributed by atoms with Crippen LogP contribution in [0.3, 0.4) is 0 Å². The number of ether oxygens (including phenoxy) is 1. The second kappa shape index (κ2) is 12.4. The Morgan fingerprint density at radius 3 is 0.950 bits per heavy atom. The van der Waals surface area contributed by atoms with E-state index in [2.05, 4.69) is 0 Å². The smallest absolute Gasteiger partial charge is 0.0629 e. The van der Waals surface area contributed by atoms with Gasteiger partial charge in [-0.05, 0) is 6.92 Å². The van der Waals surface area contributed by atoms with Crippen LogP contribution in [0.25, 0.3) is 0 Å². The van der Waals surface area contributed by atoms with Crippen molar-refractivity contribution in [2.45, 2.75) is 6.92 Å². The van der Waals surface area contributed by atoms with Crippen LogP contribution in [-0.4, -0.2) is 95.2 Å². The molecule has 0 amide bonds. The van der Waals surface area contributed by atoms with E-state index in [-0.39, 0.29) is 19.8 Å². The minimum atomic E-state index is -1.16. The Balaban J connectivity index is 0. The summed E-state index contributed by atoms with van der Waals surface area (Å²) in [6, 6.07) is 0. The molecule has 20 heavy (non-hydrogen) atoms. The summed E-state index contributed by atoms with van der Waals surface area (Å²) in [5, 5.41) is 61.7. The zero-order valence-corrected chi connectivity index (χ0v) is 11.9. The lowest BCUT2D eigenvalue weighted by Gasteiger charge is -2.31. The second-order valence-electron chi connectivity index (χ2n) is 4.76. The lowest BCUT2D eigenvalue weighted by molar-refractivity contribution is -0.103. The van der Waals surface area contributed by atoms with E-state index in [4.69, 9.17) is 40.5 Å². The van der Waals surface area contributed by atoms with Crippen molar-refractivity contribution in [1.82, 2.24) is 0 Å². The molecule has 0 heterocycles. The molecule has 0 aliphatic heterocycles. The third-order valence-corrected chi connectivity index (χ3v) is 2.83. The quantitative estimate of drug-likeness (QED) is 0.224. The zero-order chi connectivity index (χ0) is 16.1. The van der Waals surface area contributed by atoms with Crippen molar-refractivity contribution in [3.05, 3.63) is 0 Å². The Labute approximate surface area is 118 Å². The van der Waals surface area contributed by atoms with Crippen molar-refractivity contribution in [2.24, 2.45) is 10.8 Å². The van der Waals surface area contributed by atoms with Gasteiger partial charge in [0.2, 0.25) is 0 Å². The van der Waals surface area contributed by atoms with Crippen LogP contribution in [0, 0.1) is 10.8 Å². The van der Waals surface area contributed by atoms with Crippen LogP contribution in [0.4, 0.5) is 0 Å². The number of hydrogen-bond acceptors (Lipinski definition) is 8. The van der Waals surface area contributed by atoms with E-state index in [1.54, 1.807) is 6.92 Å². The molecular weight excluding hydrogens is 272 g/mol. The van der Waals surface area contributed by atoms with E-state index < -0.39 is 50.5 Å². The van der Waals surface area contributed by atoms with Gasteiger partial charge in [-0.1, -0.05) is 0 Å². The topological polar surface area (TPSA) is 151 Å². The number of hydrogen-bond donors (Lipinski definition) is 7. The highest BCUT2D eigenvalue weighted by molar-refractivity contribution is 4.80. The number of aliphatic hydroxyl groups excluding tert-OH is 7. The maximum atomic E-state index is 9.03. The van der Waals surface area contributed by atoms with Gasteiger partial charge in [-0.3, -0.25) is 0 Å². The average molecular weight is 300 g/mol. The lowest BCUT2D eigenvalue weighted by Crippen LogP contribution is -2.43. The summed E-state index contributed by atoms with van der Waals surface area (Å²) in [5.41, 5.74) is -2.32. The molecule has 8 heteroatoms. The summed E-state index contributed by atoms with van der Waals surface area (Å²) in [6.07, 6.45) is 0. The molecule has 0 rings (SSSR count). The normalized spacial score (nSPS) is 12.0. The predicted octanol–water partition coefficient (Wildman–Crippen LogP) is -3.07. The first kappa shape index (κ1) is 22.0. The van der Waals surface area contributed by atoms with E-state index in [1.165, 1.54) is 0 Å². The van der Waals surface area contributed by atoms with Crippen LogP contribution in [0.15, 0.2) is 0 Å². The minimum Gasteiger partial charge on any atom is -0.397 e. The highest BCUT2D eigenvalue weighted by atomic mass is 16.5. The monoisotopic (exact) mass is 300 g/mol. The first-order valence-corrected chi connectivity index (χ1v) is 6.33. The Kier molecular flexibility index (Phi) is 13.6. The molecule has 0 spiro atoms. The summed E-state index contributed by atoms with van der Waals surface area (Å²) in [5.74, 6) is 0. The van der Waals surface area contributed by atoms with E-state index in [9.17, 15) is 0 Å². The molecule has 0 aromatic carbocycles. The first-order valence-electron chi connectivity index (χ1n) is 6.33. The predicted molar refractivity (Wildman–Crippen MR) is 71.0 cm³/mol. The molecule has 124 valence electrons. The molecule has 0 radical (unpaired) electrons. The molecule has 0 aliphatic carbocycles.